The molecule has 1 fully saturated rings. The van der Waals surface area contributed by atoms with Gasteiger partial charge in [-0.3, -0.25) is 4.98 Å². The van der Waals surface area contributed by atoms with Crippen molar-refractivity contribution >= 4 is 10.9 Å². The molecule has 2 heteroatoms. The van der Waals surface area contributed by atoms with E-state index in [2.05, 4.69) is 61.4 Å². The highest BCUT2D eigenvalue weighted by molar-refractivity contribution is 5.79. The average molecular weight is 282 g/mol. The van der Waals surface area contributed by atoms with Crippen molar-refractivity contribution in [1.29, 1.82) is 0 Å². The predicted molar refractivity (Wildman–Crippen MR) is 89.7 cm³/mol. The highest BCUT2D eigenvalue weighted by Gasteiger charge is 2.33. The highest BCUT2D eigenvalue weighted by atomic mass is 14.9. The third-order valence-electron chi connectivity index (χ3n) is 5.00. The van der Waals surface area contributed by atoms with Crippen molar-refractivity contribution in [3.05, 3.63) is 41.6 Å². The second-order valence-corrected chi connectivity index (χ2v) is 6.51. The zero-order chi connectivity index (χ0) is 14.8. The zero-order valence-electron chi connectivity index (χ0n) is 13.4. The van der Waals surface area contributed by atoms with E-state index in [1.165, 1.54) is 30.2 Å². The van der Waals surface area contributed by atoms with Crippen LogP contribution in [0.15, 0.2) is 30.3 Å². The number of aromatic nitrogens is 1. The third-order valence-corrected chi connectivity index (χ3v) is 5.00. The van der Waals surface area contributed by atoms with Crippen LogP contribution in [0.3, 0.4) is 0 Å². The van der Waals surface area contributed by atoms with Gasteiger partial charge in [-0.05, 0) is 68.3 Å². The minimum atomic E-state index is 0.682. The van der Waals surface area contributed by atoms with Gasteiger partial charge in [-0.25, -0.2) is 0 Å². The second-order valence-electron chi connectivity index (χ2n) is 6.51. The van der Waals surface area contributed by atoms with E-state index in [1.807, 2.05) is 0 Å². The quantitative estimate of drug-likeness (QED) is 0.897. The molecule has 1 aliphatic carbocycles. The van der Waals surface area contributed by atoms with Crippen LogP contribution in [0.5, 0.6) is 0 Å². The van der Waals surface area contributed by atoms with E-state index in [-0.39, 0.29) is 0 Å². The topological polar surface area (TPSA) is 24.9 Å². The monoisotopic (exact) mass is 282 g/mol. The summed E-state index contributed by atoms with van der Waals surface area (Å²) in [6.07, 6.45) is 3.82. The first kappa shape index (κ1) is 14.5. The van der Waals surface area contributed by atoms with Crippen LogP contribution in [-0.2, 0) is 0 Å². The molecule has 0 saturated heterocycles. The third kappa shape index (κ3) is 2.96. The molecule has 1 aromatic heterocycles. The van der Waals surface area contributed by atoms with Gasteiger partial charge in [0.15, 0.2) is 0 Å². The van der Waals surface area contributed by atoms with Crippen LogP contribution in [0.1, 0.15) is 50.3 Å². The van der Waals surface area contributed by atoms with E-state index in [0.717, 1.165) is 17.8 Å². The maximum atomic E-state index is 4.61. The van der Waals surface area contributed by atoms with Gasteiger partial charge in [0.05, 0.1) is 5.52 Å². The molecular formula is C19H26N2. The lowest BCUT2D eigenvalue weighted by Crippen LogP contribution is -2.32. The number of nitrogens with one attached hydrogen (secondary N) is 1. The maximum absolute atomic E-state index is 4.61. The molecular weight excluding hydrogens is 256 g/mol. The Morgan fingerprint density at radius 3 is 2.86 bits per heavy atom. The molecule has 1 heterocycles. The molecule has 0 aliphatic heterocycles. The number of aryl methyl sites for hydroxylation is 1. The summed E-state index contributed by atoms with van der Waals surface area (Å²) < 4.78 is 0. The van der Waals surface area contributed by atoms with E-state index >= 15 is 0 Å². The second kappa shape index (κ2) is 6.15. The van der Waals surface area contributed by atoms with E-state index in [9.17, 15) is 0 Å². The maximum Gasteiger partial charge on any atom is 0.0705 e. The van der Waals surface area contributed by atoms with Gasteiger partial charge in [-0.1, -0.05) is 26.0 Å². The summed E-state index contributed by atoms with van der Waals surface area (Å²) in [5.41, 5.74) is 3.69. The number of fused-ring (bicyclic) bond motifs is 1. The molecule has 3 unspecified atom stereocenters. The summed E-state index contributed by atoms with van der Waals surface area (Å²) in [7, 11) is 0. The fraction of sp³-hybridized carbons (Fsp3) is 0.526. The standard InChI is InChI=1S/C19H26N2/c1-4-11-20-18-10-8-17(14(18)3)15-7-9-19-16(12-15)6-5-13(2)21-19/h5-7,9,12,14,17-18,20H,4,8,10-11H2,1-3H3. The van der Waals surface area contributed by atoms with Gasteiger partial charge in [-0.15, -0.1) is 0 Å². The Labute approximate surface area is 128 Å². The molecule has 1 aromatic carbocycles. The average Bonchev–Trinajstić information content (AvgIpc) is 2.85. The number of hydrogen-bond acceptors (Lipinski definition) is 2. The zero-order valence-corrected chi connectivity index (χ0v) is 13.4. The smallest absolute Gasteiger partial charge is 0.0705 e. The van der Waals surface area contributed by atoms with Gasteiger partial charge in [0.2, 0.25) is 0 Å². The predicted octanol–water partition coefficient (Wildman–Crippen LogP) is 4.42. The van der Waals surface area contributed by atoms with Crippen molar-refractivity contribution in [2.75, 3.05) is 6.54 Å². The molecule has 21 heavy (non-hydrogen) atoms. The number of benzene rings is 1. The van der Waals surface area contributed by atoms with Crippen molar-refractivity contribution in [2.24, 2.45) is 5.92 Å². The summed E-state index contributed by atoms with van der Waals surface area (Å²) in [5, 5.41) is 4.99. The first-order valence-corrected chi connectivity index (χ1v) is 8.29. The first-order chi connectivity index (χ1) is 10.2. The lowest BCUT2D eigenvalue weighted by molar-refractivity contribution is 0.405. The van der Waals surface area contributed by atoms with Crippen molar-refractivity contribution in [2.45, 2.75) is 52.0 Å². The van der Waals surface area contributed by atoms with Crippen LogP contribution in [0.2, 0.25) is 0 Å². The normalized spacial score (nSPS) is 25.6. The minimum absolute atomic E-state index is 0.682. The van der Waals surface area contributed by atoms with Gasteiger partial charge >= 0.3 is 0 Å². The molecule has 2 aromatic rings. The largest absolute Gasteiger partial charge is 0.314 e. The number of pyridine rings is 1. The fourth-order valence-electron chi connectivity index (χ4n) is 3.73. The Kier molecular flexibility index (Phi) is 4.25. The molecule has 1 saturated carbocycles. The Hall–Kier alpha value is -1.41. The highest BCUT2D eigenvalue weighted by Crippen LogP contribution is 2.40. The van der Waals surface area contributed by atoms with Gasteiger partial charge in [-0.2, -0.15) is 0 Å². The summed E-state index contributed by atoms with van der Waals surface area (Å²) in [6, 6.07) is 11.8. The van der Waals surface area contributed by atoms with Crippen molar-refractivity contribution in [3.63, 3.8) is 0 Å². The van der Waals surface area contributed by atoms with E-state index in [1.54, 1.807) is 0 Å². The molecule has 3 atom stereocenters. The molecule has 0 bridgehead atoms. The molecule has 2 nitrogen and oxygen atoms in total. The molecule has 112 valence electrons. The molecule has 0 spiro atoms. The fourth-order valence-corrected chi connectivity index (χ4v) is 3.73. The number of hydrogen-bond donors (Lipinski definition) is 1. The van der Waals surface area contributed by atoms with E-state index < -0.39 is 0 Å². The lowest BCUT2D eigenvalue weighted by atomic mass is 9.88. The Morgan fingerprint density at radius 1 is 1.19 bits per heavy atom. The Balaban J connectivity index is 1.82. The van der Waals surface area contributed by atoms with Crippen LogP contribution in [0.4, 0.5) is 0 Å². The Morgan fingerprint density at radius 2 is 2.05 bits per heavy atom. The van der Waals surface area contributed by atoms with Crippen molar-refractivity contribution in [3.8, 4) is 0 Å². The Bertz CT molecular complexity index is 620. The van der Waals surface area contributed by atoms with Gasteiger partial charge in [0, 0.05) is 17.1 Å². The number of rotatable bonds is 4. The van der Waals surface area contributed by atoms with Gasteiger partial charge in [0.1, 0.15) is 0 Å². The SMILES string of the molecule is CCCNC1CCC(c2ccc3nc(C)ccc3c2)C1C. The first-order valence-electron chi connectivity index (χ1n) is 8.29. The van der Waals surface area contributed by atoms with Gasteiger partial charge in [0.25, 0.3) is 0 Å². The van der Waals surface area contributed by atoms with Crippen molar-refractivity contribution in [1.82, 2.24) is 10.3 Å². The van der Waals surface area contributed by atoms with Crippen LogP contribution < -0.4 is 5.32 Å². The van der Waals surface area contributed by atoms with Crippen LogP contribution >= 0.6 is 0 Å². The van der Waals surface area contributed by atoms with Crippen LogP contribution in [0, 0.1) is 12.8 Å². The molecule has 3 rings (SSSR count). The van der Waals surface area contributed by atoms with Gasteiger partial charge < -0.3 is 5.32 Å². The summed E-state index contributed by atoms with van der Waals surface area (Å²) >= 11 is 0. The lowest BCUT2D eigenvalue weighted by Gasteiger charge is -2.22. The summed E-state index contributed by atoms with van der Waals surface area (Å²) in [4.78, 5) is 4.61. The minimum Gasteiger partial charge on any atom is -0.314 e. The molecule has 0 radical (unpaired) electrons. The molecule has 0 amide bonds. The molecule has 1 aliphatic rings. The summed E-state index contributed by atoms with van der Waals surface area (Å²) in [6.45, 7) is 7.84. The van der Waals surface area contributed by atoms with Crippen LogP contribution in [-0.4, -0.2) is 17.6 Å². The van der Waals surface area contributed by atoms with E-state index in [4.69, 9.17) is 0 Å². The van der Waals surface area contributed by atoms with Crippen LogP contribution in [0.25, 0.3) is 10.9 Å². The number of nitrogens with zero attached hydrogens (tertiary/aromatic N) is 1. The van der Waals surface area contributed by atoms with Crippen molar-refractivity contribution < 1.29 is 0 Å². The summed E-state index contributed by atoms with van der Waals surface area (Å²) in [5.74, 6) is 1.40. The van der Waals surface area contributed by atoms with E-state index in [0.29, 0.717) is 17.9 Å². The molecule has 1 N–H and O–H groups in total.